The first-order valence-electron chi connectivity index (χ1n) is 6.56. The highest BCUT2D eigenvalue weighted by atomic mass is 35.5. The number of hydrogen-bond donors (Lipinski definition) is 1. The molecular formula is C13H17Cl2N5. The number of halogens is 2. The zero-order chi connectivity index (χ0) is 14.5. The molecule has 0 bridgehead atoms. The third-order valence-electron chi connectivity index (χ3n) is 3.00. The van der Waals surface area contributed by atoms with E-state index >= 15 is 0 Å². The van der Waals surface area contributed by atoms with Gasteiger partial charge in [0, 0.05) is 19.2 Å². The van der Waals surface area contributed by atoms with Gasteiger partial charge in [0.15, 0.2) is 0 Å². The van der Waals surface area contributed by atoms with Crippen LogP contribution in [0.4, 0.5) is 0 Å². The van der Waals surface area contributed by atoms with E-state index in [-0.39, 0.29) is 6.04 Å². The zero-order valence-corrected chi connectivity index (χ0v) is 13.0. The summed E-state index contributed by atoms with van der Waals surface area (Å²) in [5.41, 5.74) is 0.781. The number of nitrogens with zero attached hydrogens (tertiary/aromatic N) is 4. The van der Waals surface area contributed by atoms with Crippen molar-refractivity contribution in [3.05, 3.63) is 40.2 Å². The van der Waals surface area contributed by atoms with Crippen LogP contribution in [0.1, 0.15) is 31.4 Å². The molecule has 0 fully saturated rings. The van der Waals surface area contributed by atoms with Gasteiger partial charge in [-0.1, -0.05) is 30.1 Å². The normalized spacial score (nSPS) is 12.6. The first-order valence-corrected chi connectivity index (χ1v) is 7.32. The van der Waals surface area contributed by atoms with Crippen molar-refractivity contribution in [2.24, 2.45) is 0 Å². The maximum Gasteiger partial charge on any atom is 0.138 e. The first kappa shape index (κ1) is 15.2. The van der Waals surface area contributed by atoms with Gasteiger partial charge >= 0.3 is 0 Å². The summed E-state index contributed by atoms with van der Waals surface area (Å²) >= 11 is 12.1. The predicted molar refractivity (Wildman–Crippen MR) is 80.1 cm³/mol. The third kappa shape index (κ3) is 3.48. The summed E-state index contributed by atoms with van der Waals surface area (Å²) < 4.78 is 1.87. The summed E-state index contributed by atoms with van der Waals surface area (Å²) in [6.07, 6.45) is 3.85. The highest BCUT2D eigenvalue weighted by Gasteiger charge is 2.19. The molecule has 1 atom stereocenters. The van der Waals surface area contributed by atoms with Crippen LogP contribution in [0.2, 0.25) is 10.0 Å². The van der Waals surface area contributed by atoms with Crippen molar-refractivity contribution in [2.45, 2.75) is 32.9 Å². The number of aromatic nitrogens is 4. The van der Waals surface area contributed by atoms with Gasteiger partial charge in [-0.25, -0.2) is 4.98 Å². The summed E-state index contributed by atoms with van der Waals surface area (Å²) in [6, 6.07) is 1.69. The van der Waals surface area contributed by atoms with Gasteiger partial charge in [-0.15, -0.1) is 0 Å². The van der Waals surface area contributed by atoms with Crippen molar-refractivity contribution in [1.29, 1.82) is 0 Å². The molecule has 20 heavy (non-hydrogen) atoms. The fraction of sp³-hybridized carbons (Fsp3) is 0.462. The van der Waals surface area contributed by atoms with Crippen LogP contribution >= 0.6 is 23.2 Å². The van der Waals surface area contributed by atoms with Gasteiger partial charge in [-0.3, -0.25) is 9.67 Å². The number of pyridine rings is 1. The van der Waals surface area contributed by atoms with Gasteiger partial charge in [0.2, 0.25) is 0 Å². The molecule has 0 aliphatic heterocycles. The molecule has 0 spiro atoms. The van der Waals surface area contributed by atoms with Gasteiger partial charge < -0.3 is 5.32 Å². The smallest absolute Gasteiger partial charge is 0.138 e. The van der Waals surface area contributed by atoms with Crippen LogP contribution in [0.15, 0.2) is 18.6 Å². The Kier molecular flexibility index (Phi) is 5.34. The fourth-order valence-electron chi connectivity index (χ4n) is 2.09. The first-order chi connectivity index (χ1) is 9.65. The Morgan fingerprint density at radius 1 is 1.30 bits per heavy atom. The lowest BCUT2D eigenvalue weighted by Gasteiger charge is -2.18. The Labute approximate surface area is 128 Å². The van der Waals surface area contributed by atoms with Gasteiger partial charge in [0.25, 0.3) is 0 Å². The topological polar surface area (TPSA) is 55.6 Å². The van der Waals surface area contributed by atoms with Crippen LogP contribution < -0.4 is 5.32 Å². The predicted octanol–water partition coefficient (Wildman–Crippen LogP) is 2.89. The van der Waals surface area contributed by atoms with Crippen LogP contribution in [0.5, 0.6) is 0 Å². The van der Waals surface area contributed by atoms with Crippen molar-refractivity contribution < 1.29 is 0 Å². The summed E-state index contributed by atoms with van der Waals surface area (Å²) in [5.74, 6) is 0.909. The standard InChI is InChI=1S/C13H17Cl2N5/c1-3-16-11(6-12-18-8-19-20(12)4-2)13-10(15)5-9(14)7-17-13/h5,7-8,11,16H,3-4,6H2,1-2H3. The lowest BCUT2D eigenvalue weighted by atomic mass is 10.1. The monoisotopic (exact) mass is 313 g/mol. The molecule has 1 N–H and O–H groups in total. The molecule has 0 saturated heterocycles. The molecule has 0 aliphatic carbocycles. The van der Waals surface area contributed by atoms with E-state index in [1.807, 2.05) is 18.5 Å². The minimum absolute atomic E-state index is 0.0146. The summed E-state index contributed by atoms with van der Waals surface area (Å²) in [4.78, 5) is 8.65. The van der Waals surface area contributed by atoms with Crippen LogP contribution in [-0.2, 0) is 13.0 Å². The van der Waals surface area contributed by atoms with Crippen LogP contribution in [0, 0.1) is 0 Å². The molecule has 7 heteroatoms. The van der Waals surface area contributed by atoms with Crippen molar-refractivity contribution >= 4 is 23.2 Å². The van der Waals surface area contributed by atoms with Gasteiger partial charge in [-0.2, -0.15) is 5.10 Å². The molecule has 2 aromatic heterocycles. The Hall–Kier alpha value is -1.17. The summed E-state index contributed by atoms with van der Waals surface area (Å²) in [6.45, 7) is 5.68. The largest absolute Gasteiger partial charge is 0.308 e. The van der Waals surface area contributed by atoms with E-state index in [0.717, 1.165) is 24.6 Å². The quantitative estimate of drug-likeness (QED) is 0.891. The molecular weight excluding hydrogens is 297 g/mol. The Balaban J connectivity index is 2.27. The van der Waals surface area contributed by atoms with E-state index in [0.29, 0.717) is 16.5 Å². The Bertz CT molecular complexity index is 570. The molecule has 0 aromatic carbocycles. The molecule has 2 aromatic rings. The van der Waals surface area contributed by atoms with Crippen molar-refractivity contribution in [2.75, 3.05) is 6.54 Å². The number of aryl methyl sites for hydroxylation is 1. The van der Waals surface area contributed by atoms with Crippen molar-refractivity contribution in [3.8, 4) is 0 Å². The highest BCUT2D eigenvalue weighted by molar-refractivity contribution is 6.34. The van der Waals surface area contributed by atoms with Gasteiger partial charge in [0.1, 0.15) is 12.2 Å². The second-order valence-corrected chi connectivity index (χ2v) is 5.17. The molecule has 0 saturated carbocycles. The molecule has 0 amide bonds. The fourth-order valence-corrected chi connectivity index (χ4v) is 2.60. The SMILES string of the molecule is CCNC(Cc1ncnn1CC)c1ncc(Cl)cc1Cl. The molecule has 0 aliphatic rings. The minimum Gasteiger partial charge on any atom is -0.308 e. The number of hydrogen-bond acceptors (Lipinski definition) is 4. The number of likely N-dealkylation sites (N-methyl/N-ethyl adjacent to an activating group) is 1. The highest BCUT2D eigenvalue weighted by Crippen LogP contribution is 2.25. The Morgan fingerprint density at radius 3 is 2.75 bits per heavy atom. The average molecular weight is 314 g/mol. The molecule has 2 rings (SSSR count). The van der Waals surface area contributed by atoms with E-state index in [9.17, 15) is 0 Å². The lowest BCUT2D eigenvalue weighted by Crippen LogP contribution is -2.25. The van der Waals surface area contributed by atoms with Gasteiger partial charge in [0.05, 0.1) is 21.8 Å². The molecule has 0 radical (unpaired) electrons. The van der Waals surface area contributed by atoms with Crippen LogP contribution in [-0.4, -0.2) is 26.3 Å². The van der Waals surface area contributed by atoms with Crippen LogP contribution in [0.3, 0.4) is 0 Å². The third-order valence-corrected chi connectivity index (χ3v) is 3.51. The van der Waals surface area contributed by atoms with Crippen LogP contribution in [0.25, 0.3) is 0 Å². The second kappa shape index (κ2) is 7.02. The maximum atomic E-state index is 6.24. The van der Waals surface area contributed by atoms with E-state index in [4.69, 9.17) is 23.2 Å². The van der Waals surface area contributed by atoms with E-state index in [1.54, 1.807) is 18.6 Å². The summed E-state index contributed by atoms with van der Waals surface area (Å²) in [5, 5.41) is 8.65. The second-order valence-electron chi connectivity index (χ2n) is 4.33. The summed E-state index contributed by atoms with van der Waals surface area (Å²) in [7, 11) is 0. The Morgan fingerprint density at radius 2 is 2.10 bits per heavy atom. The molecule has 108 valence electrons. The van der Waals surface area contributed by atoms with E-state index in [1.165, 1.54) is 0 Å². The van der Waals surface area contributed by atoms with Crippen molar-refractivity contribution in [1.82, 2.24) is 25.1 Å². The number of rotatable bonds is 6. The molecule has 5 nitrogen and oxygen atoms in total. The van der Waals surface area contributed by atoms with Crippen molar-refractivity contribution in [3.63, 3.8) is 0 Å². The maximum absolute atomic E-state index is 6.24. The van der Waals surface area contributed by atoms with E-state index < -0.39 is 0 Å². The van der Waals surface area contributed by atoms with Gasteiger partial charge in [-0.05, 0) is 19.5 Å². The zero-order valence-electron chi connectivity index (χ0n) is 11.5. The van der Waals surface area contributed by atoms with E-state index in [2.05, 4.69) is 20.4 Å². The molecule has 1 unspecified atom stereocenters. The minimum atomic E-state index is -0.0146. The number of nitrogens with one attached hydrogen (secondary N) is 1. The lowest BCUT2D eigenvalue weighted by molar-refractivity contribution is 0.500. The average Bonchev–Trinajstić information content (AvgIpc) is 2.85. The molecule has 2 heterocycles.